The summed E-state index contributed by atoms with van der Waals surface area (Å²) >= 11 is 16.2. The van der Waals surface area contributed by atoms with Gasteiger partial charge in [0.2, 0.25) is 0 Å². The summed E-state index contributed by atoms with van der Waals surface area (Å²) in [5.41, 5.74) is 3.75. The highest BCUT2D eigenvalue weighted by Gasteiger charge is 2.21. The van der Waals surface area contributed by atoms with Crippen LogP contribution in [0.25, 0.3) is 16.9 Å². The number of rotatable bonds is 6. The summed E-state index contributed by atoms with van der Waals surface area (Å²) in [5.74, 6) is 1.46. The topological polar surface area (TPSA) is 45.5 Å². The van der Waals surface area contributed by atoms with E-state index in [0.29, 0.717) is 10.9 Å². The molecule has 2 aromatic heterocycles. The monoisotopic (exact) mass is 543 g/mol. The number of aromatic nitrogens is 3. The molecule has 1 unspecified atom stereocenters. The predicted octanol–water partition coefficient (Wildman–Crippen LogP) is 6.79. The lowest BCUT2D eigenvalue weighted by Gasteiger charge is -2.33. The smallest absolute Gasteiger partial charge is 0.172 e. The molecule has 3 heterocycles. The number of hydrogen-bond acceptors (Lipinski definition) is 4. The van der Waals surface area contributed by atoms with Crippen LogP contribution < -0.4 is 5.32 Å². The minimum Gasteiger partial charge on any atom is -0.370 e. The number of piperidine rings is 1. The Balaban J connectivity index is 1.33. The fourth-order valence-corrected chi connectivity index (χ4v) is 5.27. The van der Waals surface area contributed by atoms with E-state index in [2.05, 4.69) is 43.4 Å². The normalized spacial score (nSPS) is 16.9. The van der Waals surface area contributed by atoms with Gasteiger partial charge in [-0.25, -0.2) is 4.98 Å². The lowest BCUT2D eigenvalue weighted by molar-refractivity contribution is 0.173. The van der Waals surface area contributed by atoms with Crippen molar-refractivity contribution in [3.63, 3.8) is 0 Å². The van der Waals surface area contributed by atoms with Crippen LogP contribution in [0.5, 0.6) is 0 Å². The molecule has 0 spiro atoms. The Morgan fingerprint density at radius 3 is 2.82 bits per heavy atom. The van der Waals surface area contributed by atoms with E-state index >= 15 is 0 Å². The quantitative estimate of drug-likeness (QED) is 0.290. The summed E-state index contributed by atoms with van der Waals surface area (Å²) in [5, 5.41) is 9.63. The van der Waals surface area contributed by atoms with Crippen LogP contribution in [0, 0.1) is 5.92 Å². The first-order chi connectivity index (χ1) is 16.1. The van der Waals surface area contributed by atoms with Crippen molar-refractivity contribution in [2.75, 3.05) is 25.0 Å². The van der Waals surface area contributed by atoms with Crippen molar-refractivity contribution < 1.29 is 0 Å². The third kappa shape index (κ3) is 5.19. The number of likely N-dealkylation sites (tertiary alicyclic amines) is 1. The van der Waals surface area contributed by atoms with Gasteiger partial charge in [-0.1, -0.05) is 53.5 Å². The highest BCUT2D eigenvalue weighted by atomic mass is 79.9. The SMILES string of the molecule is Clc1cccc(CN2CCCC(CNc3cc(-c4ccccc4Cl)nc4c(Br)cnn34)C2)c1. The Hall–Kier alpha value is -2.12. The zero-order chi connectivity index (χ0) is 22.8. The number of hydrogen-bond donors (Lipinski definition) is 1. The minimum absolute atomic E-state index is 0.545. The average molecular weight is 545 g/mol. The molecule has 0 aliphatic carbocycles. The molecule has 1 aliphatic rings. The van der Waals surface area contributed by atoms with Gasteiger partial charge in [0, 0.05) is 41.3 Å². The first kappa shape index (κ1) is 22.7. The Morgan fingerprint density at radius 1 is 1.09 bits per heavy atom. The van der Waals surface area contributed by atoms with Crippen molar-refractivity contribution in [1.82, 2.24) is 19.5 Å². The zero-order valence-electron chi connectivity index (χ0n) is 18.0. The fourth-order valence-electron chi connectivity index (χ4n) is 4.47. The molecule has 170 valence electrons. The highest BCUT2D eigenvalue weighted by Crippen LogP contribution is 2.30. The standard InChI is InChI=1S/C25H24BrCl2N5/c26-21-14-30-33-24(12-23(31-25(21)33)20-8-1-2-9-22(20)28)29-13-18-6-4-10-32(16-18)15-17-5-3-7-19(27)11-17/h1-3,5,7-9,11-12,14,18,29H,4,6,10,13,15-16H2. The van der Waals surface area contributed by atoms with Crippen LogP contribution >= 0.6 is 39.1 Å². The third-order valence-corrected chi connectivity index (χ3v) is 7.17. The van der Waals surface area contributed by atoms with Gasteiger partial charge in [0.1, 0.15) is 5.82 Å². The Bertz CT molecular complexity index is 1270. The maximum atomic E-state index is 6.46. The fraction of sp³-hybridized carbons (Fsp3) is 0.280. The Kier molecular flexibility index (Phi) is 6.88. The van der Waals surface area contributed by atoms with E-state index in [1.165, 1.54) is 18.4 Å². The van der Waals surface area contributed by atoms with E-state index in [0.717, 1.165) is 58.4 Å². The van der Waals surface area contributed by atoms with E-state index in [1.54, 1.807) is 6.20 Å². The van der Waals surface area contributed by atoms with Gasteiger partial charge < -0.3 is 5.32 Å². The van der Waals surface area contributed by atoms with Crippen molar-refractivity contribution in [3.05, 3.63) is 80.9 Å². The van der Waals surface area contributed by atoms with Crippen LogP contribution in [0.4, 0.5) is 5.82 Å². The first-order valence-electron chi connectivity index (χ1n) is 11.1. The maximum absolute atomic E-state index is 6.46. The van der Waals surface area contributed by atoms with E-state index < -0.39 is 0 Å². The molecule has 8 heteroatoms. The molecule has 5 nitrogen and oxygen atoms in total. The molecule has 1 saturated heterocycles. The average Bonchev–Trinajstić information content (AvgIpc) is 3.19. The lowest BCUT2D eigenvalue weighted by atomic mass is 9.97. The predicted molar refractivity (Wildman–Crippen MR) is 139 cm³/mol. The lowest BCUT2D eigenvalue weighted by Crippen LogP contribution is -2.37. The second-order valence-electron chi connectivity index (χ2n) is 8.49. The number of halogens is 3. The van der Waals surface area contributed by atoms with Gasteiger partial charge in [0.25, 0.3) is 0 Å². The van der Waals surface area contributed by atoms with Crippen LogP contribution in [-0.2, 0) is 6.54 Å². The summed E-state index contributed by atoms with van der Waals surface area (Å²) < 4.78 is 2.70. The largest absolute Gasteiger partial charge is 0.370 e. The van der Waals surface area contributed by atoms with Gasteiger partial charge in [-0.3, -0.25) is 4.90 Å². The molecule has 2 aromatic carbocycles. The molecule has 33 heavy (non-hydrogen) atoms. The van der Waals surface area contributed by atoms with Crippen molar-refractivity contribution in [2.24, 2.45) is 5.92 Å². The van der Waals surface area contributed by atoms with E-state index in [-0.39, 0.29) is 0 Å². The van der Waals surface area contributed by atoms with Gasteiger partial charge in [0.05, 0.1) is 16.4 Å². The molecular weight excluding hydrogens is 521 g/mol. The molecule has 1 fully saturated rings. The van der Waals surface area contributed by atoms with Gasteiger partial charge in [-0.15, -0.1) is 0 Å². The van der Waals surface area contributed by atoms with Gasteiger partial charge in [-0.2, -0.15) is 9.61 Å². The van der Waals surface area contributed by atoms with Gasteiger partial charge >= 0.3 is 0 Å². The Morgan fingerprint density at radius 2 is 1.97 bits per heavy atom. The van der Waals surface area contributed by atoms with Crippen LogP contribution in [0.15, 0.2) is 65.3 Å². The number of benzene rings is 2. The van der Waals surface area contributed by atoms with Crippen LogP contribution in [-0.4, -0.2) is 39.1 Å². The number of anilines is 1. The molecule has 5 rings (SSSR count). The van der Waals surface area contributed by atoms with Crippen molar-refractivity contribution in [3.8, 4) is 11.3 Å². The summed E-state index contributed by atoms with van der Waals surface area (Å²) in [7, 11) is 0. The van der Waals surface area contributed by atoms with Crippen molar-refractivity contribution >= 4 is 50.6 Å². The van der Waals surface area contributed by atoms with Crippen LogP contribution in [0.1, 0.15) is 18.4 Å². The van der Waals surface area contributed by atoms with E-state index in [4.69, 9.17) is 28.2 Å². The zero-order valence-corrected chi connectivity index (χ0v) is 21.1. The van der Waals surface area contributed by atoms with Crippen molar-refractivity contribution in [1.29, 1.82) is 0 Å². The summed E-state index contributed by atoms with van der Waals surface area (Å²) in [6, 6.07) is 18.0. The molecule has 0 amide bonds. The summed E-state index contributed by atoms with van der Waals surface area (Å²) in [6.45, 7) is 3.96. The Labute approximate surface area is 211 Å². The van der Waals surface area contributed by atoms with E-state index in [1.807, 2.05) is 47.0 Å². The second kappa shape index (κ2) is 10.0. The molecule has 1 atom stereocenters. The molecule has 0 bridgehead atoms. The van der Waals surface area contributed by atoms with Crippen LogP contribution in [0.3, 0.4) is 0 Å². The molecule has 4 aromatic rings. The maximum Gasteiger partial charge on any atom is 0.172 e. The molecule has 0 radical (unpaired) electrons. The second-order valence-corrected chi connectivity index (χ2v) is 10.2. The summed E-state index contributed by atoms with van der Waals surface area (Å²) in [6.07, 6.45) is 4.17. The number of fused-ring (bicyclic) bond motifs is 1. The number of nitrogens with one attached hydrogen (secondary N) is 1. The molecule has 0 saturated carbocycles. The number of nitrogens with zero attached hydrogens (tertiary/aromatic N) is 4. The van der Waals surface area contributed by atoms with Gasteiger partial charge in [0.15, 0.2) is 5.65 Å². The minimum atomic E-state index is 0.545. The van der Waals surface area contributed by atoms with Crippen LogP contribution in [0.2, 0.25) is 10.0 Å². The van der Waals surface area contributed by atoms with Gasteiger partial charge in [-0.05, 0) is 65.0 Å². The highest BCUT2D eigenvalue weighted by molar-refractivity contribution is 9.10. The van der Waals surface area contributed by atoms with E-state index in [9.17, 15) is 0 Å². The summed E-state index contributed by atoms with van der Waals surface area (Å²) in [4.78, 5) is 7.31. The molecular formula is C25H24BrCl2N5. The first-order valence-corrected chi connectivity index (χ1v) is 12.6. The third-order valence-electron chi connectivity index (χ3n) is 6.05. The molecule has 1 N–H and O–H groups in total. The van der Waals surface area contributed by atoms with Crippen molar-refractivity contribution in [2.45, 2.75) is 19.4 Å². The molecule has 1 aliphatic heterocycles.